The molecule has 0 aliphatic rings. The van der Waals surface area contributed by atoms with E-state index in [1.807, 2.05) is 31.4 Å². The van der Waals surface area contributed by atoms with Crippen molar-refractivity contribution in [2.45, 2.75) is 25.2 Å². The molecule has 0 unspecified atom stereocenters. The van der Waals surface area contributed by atoms with E-state index in [1.54, 1.807) is 12.1 Å². The van der Waals surface area contributed by atoms with Crippen molar-refractivity contribution in [1.82, 2.24) is 4.83 Å². The van der Waals surface area contributed by atoms with Crippen molar-refractivity contribution in [3.05, 3.63) is 46.7 Å². The first-order valence-corrected chi connectivity index (χ1v) is 9.28. The standard InChI is InChI=1S/C15H18N2O3S2/c1-3-14(15-6-5-11-21-15)16-17-22(18,19)13-9-7-12(8-10-13)20-4-2/h5-11,17H,3-4H2,1-2H3/b16-14-. The van der Waals surface area contributed by atoms with E-state index in [-0.39, 0.29) is 4.90 Å². The molecular weight excluding hydrogens is 320 g/mol. The van der Waals surface area contributed by atoms with Gasteiger partial charge in [0.25, 0.3) is 10.0 Å². The molecule has 0 radical (unpaired) electrons. The number of ether oxygens (including phenoxy) is 1. The molecule has 0 spiro atoms. The lowest BCUT2D eigenvalue weighted by Crippen LogP contribution is -2.20. The third-order valence-corrected chi connectivity index (χ3v) is 5.03. The van der Waals surface area contributed by atoms with Crippen molar-refractivity contribution >= 4 is 27.1 Å². The van der Waals surface area contributed by atoms with Crippen LogP contribution in [-0.4, -0.2) is 20.7 Å². The van der Waals surface area contributed by atoms with E-state index >= 15 is 0 Å². The Kier molecular flexibility index (Phi) is 5.57. The summed E-state index contributed by atoms with van der Waals surface area (Å²) in [4.78, 5) is 3.40. The summed E-state index contributed by atoms with van der Waals surface area (Å²) in [6.07, 6.45) is 0.645. The van der Waals surface area contributed by atoms with E-state index in [0.717, 1.165) is 4.88 Å². The SMILES string of the molecule is CCOc1ccc(S(=O)(=O)N/N=C(/CC)c2cccs2)cc1. The summed E-state index contributed by atoms with van der Waals surface area (Å²) in [5, 5.41) is 5.98. The molecule has 0 bridgehead atoms. The van der Waals surface area contributed by atoms with E-state index in [9.17, 15) is 8.42 Å². The average Bonchev–Trinajstić information content (AvgIpc) is 3.03. The quantitative estimate of drug-likeness (QED) is 0.622. The maximum absolute atomic E-state index is 12.2. The lowest BCUT2D eigenvalue weighted by molar-refractivity contribution is 0.340. The highest BCUT2D eigenvalue weighted by atomic mass is 32.2. The van der Waals surface area contributed by atoms with Crippen LogP contribution in [0.1, 0.15) is 25.1 Å². The predicted molar refractivity (Wildman–Crippen MR) is 89.1 cm³/mol. The number of nitrogens with one attached hydrogen (secondary N) is 1. The van der Waals surface area contributed by atoms with Crippen LogP contribution in [0.3, 0.4) is 0 Å². The Morgan fingerprint density at radius 1 is 1.23 bits per heavy atom. The number of hydrogen-bond acceptors (Lipinski definition) is 5. The van der Waals surface area contributed by atoms with Gasteiger partial charge in [0, 0.05) is 0 Å². The van der Waals surface area contributed by atoms with Crippen LogP contribution in [0.15, 0.2) is 51.8 Å². The predicted octanol–water partition coefficient (Wildman–Crippen LogP) is 3.24. The van der Waals surface area contributed by atoms with Crippen LogP contribution in [0.2, 0.25) is 0 Å². The number of sulfonamides is 1. The zero-order valence-corrected chi connectivity index (χ0v) is 14.1. The molecule has 0 amide bonds. The first-order valence-electron chi connectivity index (χ1n) is 6.92. The molecule has 1 aromatic heterocycles. The first kappa shape index (κ1) is 16.5. The average molecular weight is 338 g/mol. The van der Waals surface area contributed by atoms with E-state index in [0.29, 0.717) is 24.5 Å². The number of nitrogens with zero attached hydrogens (tertiary/aromatic N) is 1. The van der Waals surface area contributed by atoms with Gasteiger partial charge < -0.3 is 4.74 Å². The number of hydrazone groups is 1. The minimum Gasteiger partial charge on any atom is -0.494 e. The van der Waals surface area contributed by atoms with Crippen LogP contribution in [-0.2, 0) is 10.0 Å². The monoisotopic (exact) mass is 338 g/mol. The highest BCUT2D eigenvalue weighted by Crippen LogP contribution is 2.16. The van der Waals surface area contributed by atoms with Crippen molar-refractivity contribution < 1.29 is 13.2 Å². The molecule has 2 rings (SSSR count). The van der Waals surface area contributed by atoms with Crippen molar-refractivity contribution in [1.29, 1.82) is 0 Å². The Bertz CT molecular complexity index is 721. The molecule has 0 aliphatic heterocycles. The van der Waals surface area contributed by atoms with Gasteiger partial charge in [-0.15, -0.1) is 11.3 Å². The van der Waals surface area contributed by atoms with E-state index < -0.39 is 10.0 Å². The Balaban J connectivity index is 2.16. The Hall–Kier alpha value is -1.86. The number of rotatable bonds is 7. The molecule has 1 aromatic carbocycles. The zero-order valence-electron chi connectivity index (χ0n) is 12.4. The lowest BCUT2D eigenvalue weighted by Gasteiger charge is -2.07. The van der Waals surface area contributed by atoms with E-state index in [1.165, 1.54) is 23.5 Å². The molecule has 0 saturated carbocycles. The van der Waals surface area contributed by atoms with Crippen molar-refractivity contribution in [2.24, 2.45) is 5.10 Å². The van der Waals surface area contributed by atoms with Gasteiger partial charge in [0.1, 0.15) is 5.75 Å². The summed E-state index contributed by atoms with van der Waals surface area (Å²) in [6.45, 7) is 4.34. The van der Waals surface area contributed by atoms with Gasteiger partial charge in [0.05, 0.1) is 22.1 Å². The van der Waals surface area contributed by atoms with E-state index in [2.05, 4.69) is 9.93 Å². The Labute approximate surface area is 134 Å². The summed E-state index contributed by atoms with van der Waals surface area (Å²) in [5.74, 6) is 0.637. The van der Waals surface area contributed by atoms with Crippen LogP contribution in [0, 0.1) is 0 Å². The number of hydrogen-bond donors (Lipinski definition) is 1. The van der Waals surface area contributed by atoms with Gasteiger partial charge in [-0.05, 0) is 49.1 Å². The minimum absolute atomic E-state index is 0.154. The fourth-order valence-electron chi connectivity index (χ4n) is 1.80. The summed E-state index contributed by atoms with van der Waals surface area (Å²) >= 11 is 1.53. The van der Waals surface area contributed by atoms with Gasteiger partial charge in [-0.25, -0.2) is 0 Å². The Morgan fingerprint density at radius 2 is 1.95 bits per heavy atom. The number of benzene rings is 1. The van der Waals surface area contributed by atoms with Crippen molar-refractivity contribution in [3.63, 3.8) is 0 Å². The van der Waals surface area contributed by atoms with Gasteiger partial charge in [-0.3, -0.25) is 0 Å². The van der Waals surface area contributed by atoms with E-state index in [4.69, 9.17) is 4.74 Å². The topological polar surface area (TPSA) is 67.8 Å². The van der Waals surface area contributed by atoms with Gasteiger partial charge in [-0.2, -0.15) is 18.4 Å². The highest BCUT2D eigenvalue weighted by molar-refractivity contribution is 7.89. The molecule has 22 heavy (non-hydrogen) atoms. The second kappa shape index (κ2) is 7.42. The molecule has 0 aliphatic carbocycles. The summed E-state index contributed by atoms with van der Waals surface area (Å²) in [7, 11) is -3.68. The third kappa shape index (κ3) is 4.08. The molecule has 1 N–H and O–H groups in total. The number of thiophene rings is 1. The minimum atomic E-state index is -3.68. The Morgan fingerprint density at radius 3 is 2.50 bits per heavy atom. The van der Waals surface area contributed by atoms with Crippen LogP contribution in [0.4, 0.5) is 0 Å². The summed E-state index contributed by atoms with van der Waals surface area (Å²) in [5.41, 5.74) is 0.713. The molecule has 2 aromatic rings. The third-order valence-electron chi connectivity index (χ3n) is 2.89. The van der Waals surface area contributed by atoms with Crippen LogP contribution in [0.5, 0.6) is 5.75 Å². The zero-order chi connectivity index (χ0) is 16.0. The van der Waals surface area contributed by atoms with Crippen molar-refractivity contribution in [3.8, 4) is 5.75 Å². The lowest BCUT2D eigenvalue weighted by atomic mass is 10.2. The fourth-order valence-corrected chi connectivity index (χ4v) is 3.42. The molecule has 1 heterocycles. The normalized spacial score (nSPS) is 12.2. The van der Waals surface area contributed by atoms with Gasteiger partial charge >= 0.3 is 0 Å². The van der Waals surface area contributed by atoms with Gasteiger partial charge in [0.15, 0.2) is 0 Å². The van der Waals surface area contributed by atoms with Gasteiger partial charge in [0.2, 0.25) is 0 Å². The summed E-state index contributed by atoms with van der Waals surface area (Å²) < 4.78 is 29.8. The molecular formula is C15H18N2O3S2. The molecule has 0 atom stereocenters. The first-order chi connectivity index (χ1) is 10.6. The maximum Gasteiger partial charge on any atom is 0.276 e. The van der Waals surface area contributed by atoms with Crippen LogP contribution >= 0.6 is 11.3 Å². The molecule has 0 fully saturated rings. The smallest absolute Gasteiger partial charge is 0.276 e. The second-order valence-corrected chi connectivity index (χ2v) is 7.00. The summed E-state index contributed by atoms with van der Waals surface area (Å²) in [6, 6.07) is 10.1. The van der Waals surface area contributed by atoms with Crippen LogP contribution in [0.25, 0.3) is 0 Å². The fraction of sp³-hybridized carbons (Fsp3) is 0.267. The molecule has 0 saturated heterocycles. The molecule has 118 valence electrons. The molecule has 5 nitrogen and oxygen atoms in total. The van der Waals surface area contributed by atoms with Crippen LogP contribution < -0.4 is 9.57 Å². The largest absolute Gasteiger partial charge is 0.494 e. The van der Waals surface area contributed by atoms with Gasteiger partial charge in [-0.1, -0.05) is 13.0 Å². The van der Waals surface area contributed by atoms with Crippen molar-refractivity contribution in [2.75, 3.05) is 6.61 Å². The highest BCUT2D eigenvalue weighted by Gasteiger charge is 2.13. The maximum atomic E-state index is 12.2. The second-order valence-electron chi connectivity index (χ2n) is 4.39. The molecule has 7 heteroatoms.